The normalized spacial score (nSPS) is 10.6. The van der Waals surface area contributed by atoms with Crippen molar-refractivity contribution >= 4 is 34.5 Å². The van der Waals surface area contributed by atoms with Gasteiger partial charge in [-0.15, -0.1) is 11.3 Å². The summed E-state index contributed by atoms with van der Waals surface area (Å²) in [7, 11) is 1.64. The monoisotopic (exact) mass is 375 g/mol. The quantitative estimate of drug-likeness (QED) is 0.672. The number of thiophene rings is 1. The summed E-state index contributed by atoms with van der Waals surface area (Å²) in [6, 6.07) is 9.09. The van der Waals surface area contributed by atoms with Crippen molar-refractivity contribution < 1.29 is 14.3 Å². The maximum atomic E-state index is 12.2. The van der Waals surface area contributed by atoms with Crippen molar-refractivity contribution in [2.24, 2.45) is 0 Å². The fourth-order valence-electron chi connectivity index (χ4n) is 2.07. The summed E-state index contributed by atoms with van der Waals surface area (Å²) in [5.74, 6) is 1.24. The molecule has 6 nitrogen and oxygen atoms in total. The number of rotatable bonds is 7. The zero-order chi connectivity index (χ0) is 17.6. The fraction of sp³-hybridized carbons (Fsp3) is 0.235. The highest BCUT2D eigenvalue weighted by molar-refractivity contribution is 7.12. The number of aryl methyl sites for hydroxylation is 1. The number of ether oxygens (including phenoxy) is 2. The third-order valence-corrected chi connectivity index (χ3v) is 5.01. The molecular formula is C17H17N3O3S2. The van der Waals surface area contributed by atoms with Gasteiger partial charge < -0.3 is 14.8 Å². The molecule has 0 radical (unpaired) electrons. The van der Waals surface area contributed by atoms with E-state index in [-0.39, 0.29) is 5.91 Å². The molecule has 1 aromatic carbocycles. The highest BCUT2D eigenvalue weighted by Crippen LogP contribution is 2.25. The molecule has 0 aliphatic rings. The van der Waals surface area contributed by atoms with E-state index in [1.165, 1.54) is 22.9 Å². The average Bonchev–Trinajstić information content (AvgIpc) is 3.23. The minimum atomic E-state index is -0.104. The van der Waals surface area contributed by atoms with Gasteiger partial charge in [0.25, 0.3) is 11.1 Å². The van der Waals surface area contributed by atoms with Crippen molar-refractivity contribution in [1.82, 2.24) is 9.36 Å². The Kier molecular flexibility index (Phi) is 5.75. The van der Waals surface area contributed by atoms with Crippen LogP contribution in [0.3, 0.4) is 0 Å². The molecule has 0 saturated heterocycles. The molecule has 0 aliphatic carbocycles. The summed E-state index contributed by atoms with van der Waals surface area (Å²) >= 11 is 2.63. The molecule has 0 bridgehead atoms. The molecule has 0 saturated carbocycles. The lowest BCUT2D eigenvalue weighted by atomic mass is 10.2. The number of carbonyl (C=O) groups is 1. The smallest absolute Gasteiger partial charge is 0.298 e. The van der Waals surface area contributed by atoms with Gasteiger partial charge in [0.05, 0.1) is 11.5 Å². The first kappa shape index (κ1) is 17.5. The SMILES string of the molecule is COCCc1nsc(Oc2ccc(NC(=O)c3sccc3C)cc2)n1. The zero-order valence-corrected chi connectivity index (χ0v) is 15.4. The third kappa shape index (κ3) is 4.62. The van der Waals surface area contributed by atoms with Gasteiger partial charge in [-0.3, -0.25) is 4.79 Å². The average molecular weight is 375 g/mol. The minimum absolute atomic E-state index is 0.104. The van der Waals surface area contributed by atoms with Gasteiger partial charge in [0, 0.05) is 30.8 Å². The van der Waals surface area contributed by atoms with E-state index in [1.54, 1.807) is 31.4 Å². The van der Waals surface area contributed by atoms with E-state index < -0.39 is 0 Å². The molecule has 0 atom stereocenters. The molecule has 3 rings (SSSR count). The Morgan fingerprint density at radius 3 is 2.72 bits per heavy atom. The standard InChI is InChI=1S/C17H17N3O3S2/c1-11-8-10-24-15(11)16(21)18-12-3-5-13(6-4-12)23-17-19-14(20-25-17)7-9-22-2/h3-6,8,10H,7,9H2,1-2H3,(H,18,21). The van der Waals surface area contributed by atoms with Crippen LogP contribution in [0.2, 0.25) is 0 Å². The molecule has 1 amide bonds. The Labute approximate surface area is 153 Å². The maximum absolute atomic E-state index is 12.2. The number of hydrogen-bond donors (Lipinski definition) is 1. The summed E-state index contributed by atoms with van der Waals surface area (Å²) in [5.41, 5.74) is 1.69. The van der Waals surface area contributed by atoms with E-state index in [2.05, 4.69) is 14.7 Å². The van der Waals surface area contributed by atoms with Crippen LogP contribution in [0.5, 0.6) is 10.9 Å². The first-order chi connectivity index (χ1) is 12.2. The van der Waals surface area contributed by atoms with Crippen molar-refractivity contribution in [3.63, 3.8) is 0 Å². The van der Waals surface area contributed by atoms with Gasteiger partial charge in [-0.05, 0) is 48.2 Å². The van der Waals surface area contributed by atoms with Crippen molar-refractivity contribution in [3.8, 4) is 10.9 Å². The molecule has 0 unspecified atom stereocenters. The second-order valence-corrected chi connectivity index (χ2v) is 6.86. The van der Waals surface area contributed by atoms with Crippen molar-refractivity contribution in [3.05, 3.63) is 52.0 Å². The molecule has 1 N–H and O–H groups in total. The molecule has 0 aliphatic heterocycles. The molecule has 2 aromatic heterocycles. The second kappa shape index (κ2) is 8.19. The second-order valence-electron chi connectivity index (χ2n) is 5.23. The van der Waals surface area contributed by atoms with Crippen molar-refractivity contribution in [2.75, 3.05) is 19.0 Å². The lowest BCUT2D eigenvalue weighted by Gasteiger charge is -2.06. The number of methoxy groups -OCH3 is 1. The van der Waals surface area contributed by atoms with E-state index >= 15 is 0 Å². The predicted molar refractivity (Wildman–Crippen MR) is 99.0 cm³/mol. The Bertz CT molecular complexity index is 843. The van der Waals surface area contributed by atoms with E-state index in [0.717, 1.165) is 10.4 Å². The van der Waals surface area contributed by atoms with Gasteiger partial charge in [-0.25, -0.2) is 0 Å². The molecule has 3 aromatic rings. The fourth-order valence-corrected chi connectivity index (χ4v) is 3.49. The van der Waals surface area contributed by atoms with Crippen LogP contribution in [-0.2, 0) is 11.2 Å². The summed E-state index contributed by atoms with van der Waals surface area (Å²) in [6.45, 7) is 2.50. The van der Waals surface area contributed by atoms with Gasteiger partial charge in [0.15, 0.2) is 0 Å². The molecule has 25 heavy (non-hydrogen) atoms. The van der Waals surface area contributed by atoms with Crippen LogP contribution in [0, 0.1) is 6.92 Å². The number of hydrogen-bond acceptors (Lipinski definition) is 7. The van der Waals surface area contributed by atoms with Crippen LogP contribution < -0.4 is 10.1 Å². The van der Waals surface area contributed by atoms with Crippen molar-refractivity contribution in [1.29, 1.82) is 0 Å². The first-order valence-electron chi connectivity index (χ1n) is 7.60. The van der Waals surface area contributed by atoms with Crippen LogP contribution in [0.15, 0.2) is 35.7 Å². The topological polar surface area (TPSA) is 73.3 Å². The number of anilines is 1. The van der Waals surface area contributed by atoms with E-state index in [1.807, 2.05) is 18.4 Å². The zero-order valence-electron chi connectivity index (χ0n) is 13.8. The highest BCUT2D eigenvalue weighted by Gasteiger charge is 2.11. The van der Waals surface area contributed by atoms with Gasteiger partial charge in [-0.2, -0.15) is 9.36 Å². The lowest BCUT2D eigenvalue weighted by Crippen LogP contribution is -2.11. The molecule has 0 spiro atoms. The number of nitrogens with zero attached hydrogens (tertiary/aromatic N) is 2. The Balaban J connectivity index is 1.59. The summed E-state index contributed by atoms with van der Waals surface area (Å²) in [4.78, 5) is 17.2. The third-order valence-electron chi connectivity index (χ3n) is 3.36. The molecular weight excluding hydrogens is 358 g/mol. The van der Waals surface area contributed by atoms with Gasteiger partial charge in [0.1, 0.15) is 11.6 Å². The van der Waals surface area contributed by atoms with E-state index in [4.69, 9.17) is 9.47 Å². The minimum Gasteiger partial charge on any atom is -0.430 e. The van der Waals surface area contributed by atoms with E-state index in [0.29, 0.717) is 35.5 Å². The first-order valence-corrected chi connectivity index (χ1v) is 9.26. The number of carbonyl (C=O) groups excluding carboxylic acids is 1. The molecule has 0 fully saturated rings. The molecule has 2 heterocycles. The van der Waals surface area contributed by atoms with Gasteiger partial charge in [0.2, 0.25) is 0 Å². The Hall–Kier alpha value is -2.29. The predicted octanol–water partition coefficient (Wildman–Crippen LogP) is 4.14. The number of amides is 1. The number of nitrogens with one attached hydrogen (secondary N) is 1. The lowest BCUT2D eigenvalue weighted by molar-refractivity contribution is 0.103. The van der Waals surface area contributed by atoms with Gasteiger partial charge in [-0.1, -0.05) is 0 Å². The van der Waals surface area contributed by atoms with E-state index in [9.17, 15) is 4.79 Å². The van der Waals surface area contributed by atoms with Crippen LogP contribution in [0.4, 0.5) is 5.69 Å². The Morgan fingerprint density at radius 1 is 1.24 bits per heavy atom. The maximum Gasteiger partial charge on any atom is 0.298 e. The summed E-state index contributed by atoms with van der Waals surface area (Å²) in [6.07, 6.45) is 0.656. The summed E-state index contributed by atoms with van der Waals surface area (Å²) < 4.78 is 14.9. The van der Waals surface area contributed by atoms with Crippen LogP contribution in [-0.4, -0.2) is 29.0 Å². The molecule has 130 valence electrons. The number of aromatic nitrogens is 2. The van der Waals surface area contributed by atoms with Crippen LogP contribution >= 0.6 is 22.9 Å². The molecule has 8 heteroatoms. The Morgan fingerprint density at radius 2 is 2.04 bits per heavy atom. The number of benzene rings is 1. The van der Waals surface area contributed by atoms with Crippen LogP contribution in [0.25, 0.3) is 0 Å². The van der Waals surface area contributed by atoms with Gasteiger partial charge >= 0.3 is 0 Å². The van der Waals surface area contributed by atoms with Crippen molar-refractivity contribution in [2.45, 2.75) is 13.3 Å². The highest BCUT2D eigenvalue weighted by atomic mass is 32.1. The van der Waals surface area contributed by atoms with Crippen LogP contribution in [0.1, 0.15) is 21.1 Å². The summed E-state index contributed by atoms with van der Waals surface area (Å²) in [5, 5.41) is 5.27. The largest absolute Gasteiger partial charge is 0.430 e.